The summed E-state index contributed by atoms with van der Waals surface area (Å²) in [5.74, 6) is 0.356. The van der Waals surface area contributed by atoms with E-state index < -0.39 is 0 Å². The molecule has 3 aromatic rings. The Balaban J connectivity index is 1.24. The molecule has 150 valence electrons. The Morgan fingerprint density at radius 3 is 2.62 bits per heavy atom. The van der Waals surface area contributed by atoms with E-state index in [1.165, 1.54) is 10.9 Å². The molecule has 1 saturated carbocycles. The summed E-state index contributed by atoms with van der Waals surface area (Å²) < 4.78 is 0. The molecule has 1 fully saturated rings. The molecule has 2 amide bonds. The Hall–Kier alpha value is -3.08. The van der Waals surface area contributed by atoms with Gasteiger partial charge in [-0.3, -0.25) is 9.59 Å². The van der Waals surface area contributed by atoms with Crippen LogP contribution in [0.4, 0.5) is 5.69 Å². The maximum atomic E-state index is 12.3. The number of H-pyrrole nitrogens is 1. The molecule has 4 rings (SSSR count). The van der Waals surface area contributed by atoms with Gasteiger partial charge in [-0.15, -0.1) is 0 Å². The molecule has 0 radical (unpaired) electrons. The molecular formula is C24H27N3O2. The van der Waals surface area contributed by atoms with Gasteiger partial charge in [-0.2, -0.15) is 0 Å². The van der Waals surface area contributed by atoms with Crippen molar-refractivity contribution in [2.75, 3.05) is 5.32 Å². The number of aryl methyl sites for hydroxylation is 1. The van der Waals surface area contributed by atoms with E-state index in [-0.39, 0.29) is 23.8 Å². The van der Waals surface area contributed by atoms with Crippen molar-refractivity contribution in [1.29, 1.82) is 0 Å². The normalized spacial score (nSPS) is 14.5. The van der Waals surface area contributed by atoms with Gasteiger partial charge < -0.3 is 15.6 Å². The zero-order chi connectivity index (χ0) is 20.2. The maximum Gasteiger partial charge on any atom is 0.227 e. The first-order chi connectivity index (χ1) is 14.1. The second kappa shape index (κ2) is 8.52. The summed E-state index contributed by atoms with van der Waals surface area (Å²) in [5.41, 5.74) is 4.23. The van der Waals surface area contributed by atoms with Crippen LogP contribution in [0.1, 0.15) is 49.8 Å². The first kappa shape index (κ1) is 19.2. The van der Waals surface area contributed by atoms with Crippen LogP contribution in [0.15, 0.2) is 54.7 Å². The molecule has 0 spiro atoms. The molecule has 1 aliphatic carbocycles. The lowest BCUT2D eigenvalue weighted by atomic mass is 10.1. The minimum Gasteiger partial charge on any atom is -0.361 e. The first-order valence-electron chi connectivity index (χ1n) is 10.4. The number of hydrogen-bond donors (Lipinski definition) is 3. The van der Waals surface area contributed by atoms with Crippen LogP contribution in [0.2, 0.25) is 0 Å². The van der Waals surface area contributed by atoms with E-state index in [1.807, 2.05) is 49.5 Å². The molecule has 1 aromatic heterocycles. The molecule has 0 saturated heterocycles. The van der Waals surface area contributed by atoms with Gasteiger partial charge in [0.05, 0.1) is 6.04 Å². The predicted molar refractivity (Wildman–Crippen MR) is 116 cm³/mol. The van der Waals surface area contributed by atoms with Gasteiger partial charge in [0.1, 0.15) is 0 Å². The van der Waals surface area contributed by atoms with E-state index in [0.717, 1.165) is 42.5 Å². The van der Waals surface area contributed by atoms with Crippen molar-refractivity contribution in [2.24, 2.45) is 5.92 Å². The van der Waals surface area contributed by atoms with E-state index in [9.17, 15) is 9.59 Å². The number of fused-ring (bicyclic) bond motifs is 1. The topological polar surface area (TPSA) is 74.0 Å². The third-order valence-electron chi connectivity index (χ3n) is 5.53. The number of carbonyl (C=O) groups is 2. The summed E-state index contributed by atoms with van der Waals surface area (Å²) >= 11 is 0. The minimum absolute atomic E-state index is 0.0588. The van der Waals surface area contributed by atoms with Gasteiger partial charge in [-0.1, -0.05) is 30.3 Å². The molecule has 5 nitrogen and oxygen atoms in total. The quantitative estimate of drug-likeness (QED) is 0.522. The molecule has 1 aliphatic rings. The number of rotatable bonds is 8. The van der Waals surface area contributed by atoms with Crippen LogP contribution in [-0.2, 0) is 16.0 Å². The molecule has 0 aliphatic heterocycles. The van der Waals surface area contributed by atoms with Crippen molar-refractivity contribution in [3.05, 3.63) is 65.9 Å². The average Bonchev–Trinajstić information content (AvgIpc) is 3.50. The van der Waals surface area contributed by atoms with Gasteiger partial charge in [0, 0.05) is 35.1 Å². The van der Waals surface area contributed by atoms with Crippen LogP contribution >= 0.6 is 0 Å². The molecule has 5 heteroatoms. The number of aromatic nitrogens is 1. The summed E-state index contributed by atoms with van der Waals surface area (Å²) in [7, 11) is 0. The zero-order valence-electron chi connectivity index (χ0n) is 16.7. The van der Waals surface area contributed by atoms with Crippen molar-refractivity contribution >= 4 is 28.4 Å². The van der Waals surface area contributed by atoms with E-state index >= 15 is 0 Å². The summed E-state index contributed by atoms with van der Waals surface area (Å²) in [4.78, 5) is 27.4. The smallest absolute Gasteiger partial charge is 0.227 e. The molecule has 29 heavy (non-hydrogen) atoms. The number of carbonyl (C=O) groups excluding carboxylic acids is 2. The fourth-order valence-electron chi connectivity index (χ4n) is 3.62. The summed E-state index contributed by atoms with van der Waals surface area (Å²) in [5, 5.41) is 7.24. The number of aromatic amines is 1. The van der Waals surface area contributed by atoms with Crippen LogP contribution in [0.25, 0.3) is 10.9 Å². The number of nitrogens with one attached hydrogen (secondary N) is 3. The molecule has 1 heterocycles. The number of anilines is 1. The molecule has 0 bridgehead atoms. The van der Waals surface area contributed by atoms with Crippen LogP contribution in [0, 0.1) is 5.92 Å². The number of benzene rings is 2. The third kappa shape index (κ3) is 4.86. The van der Waals surface area contributed by atoms with Crippen LogP contribution in [0.5, 0.6) is 0 Å². The van der Waals surface area contributed by atoms with Crippen molar-refractivity contribution in [3.8, 4) is 0 Å². The summed E-state index contributed by atoms with van der Waals surface area (Å²) in [6.45, 7) is 1.98. The number of para-hydroxylation sites is 1. The van der Waals surface area contributed by atoms with Crippen molar-refractivity contribution in [1.82, 2.24) is 10.3 Å². The highest BCUT2D eigenvalue weighted by Crippen LogP contribution is 2.30. The largest absolute Gasteiger partial charge is 0.361 e. The first-order valence-corrected chi connectivity index (χ1v) is 10.4. The lowest BCUT2D eigenvalue weighted by Crippen LogP contribution is -2.26. The van der Waals surface area contributed by atoms with Gasteiger partial charge in [-0.05, 0) is 61.9 Å². The average molecular weight is 389 g/mol. The fourth-order valence-corrected chi connectivity index (χ4v) is 3.62. The highest BCUT2D eigenvalue weighted by Gasteiger charge is 2.29. The lowest BCUT2D eigenvalue weighted by Gasteiger charge is -2.15. The highest BCUT2D eigenvalue weighted by molar-refractivity contribution is 5.94. The van der Waals surface area contributed by atoms with Crippen LogP contribution < -0.4 is 10.6 Å². The highest BCUT2D eigenvalue weighted by atomic mass is 16.2. The van der Waals surface area contributed by atoms with Gasteiger partial charge in [0.2, 0.25) is 11.8 Å². The second-order valence-electron chi connectivity index (χ2n) is 7.89. The Labute approximate surface area is 170 Å². The van der Waals surface area contributed by atoms with E-state index in [4.69, 9.17) is 0 Å². The zero-order valence-corrected chi connectivity index (χ0v) is 16.7. The maximum absolute atomic E-state index is 12.3. The van der Waals surface area contributed by atoms with Gasteiger partial charge in [0.25, 0.3) is 0 Å². The third-order valence-corrected chi connectivity index (χ3v) is 5.53. The standard InChI is InChI=1S/C24H27N3O2/c1-16(17-11-13-20(14-12-17)27-24(29)18-9-10-18)26-23(28)8-4-5-19-15-25-22-7-3-2-6-21(19)22/h2-3,6-7,11-16,18,25H,4-5,8-10H2,1H3,(H,26,28)(H,27,29). The Morgan fingerprint density at radius 2 is 1.86 bits per heavy atom. The van der Waals surface area contributed by atoms with E-state index in [1.54, 1.807) is 0 Å². The lowest BCUT2D eigenvalue weighted by molar-refractivity contribution is -0.121. The number of hydrogen-bond acceptors (Lipinski definition) is 2. The van der Waals surface area contributed by atoms with E-state index in [2.05, 4.69) is 27.8 Å². The molecular weight excluding hydrogens is 362 g/mol. The van der Waals surface area contributed by atoms with Crippen LogP contribution in [0.3, 0.4) is 0 Å². The monoisotopic (exact) mass is 389 g/mol. The predicted octanol–water partition coefficient (Wildman–Crippen LogP) is 4.72. The minimum atomic E-state index is -0.0660. The molecule has 3 N–H and O–H groups in total. The SMILES string of the molecule is CC(NC(=O)CCCc1c[nH]c2ccccc12)c1ccc(NC(=O)C2CC2)cc1. The van der Waals surface area contributed by atoms with Crippen molar-refractivity contribution < 1.29 is 9.59 Å². The molecule has 1 unspecified atom stereocenters. The summed E-state index contributed by atoms with van der Waals surface area (Å²) in [6.07, 6.45) is 6.21. The Morgan fingerprint density at radius 1 is 1.10 bits per heavy atom. The molecule has 2 aromatic carbocycles. The van der Waals surface area contributed by atoms with Crippen molar-refractivity contribution in [2.45, 2.75) is 45.1 Å². The number of amides is 2. The Kier molecular flexibility index (Phi) is 5.65. The van der Waals surface area contributed by atoms with Gasteiger partial charge in [0.15, 0.2) is 0 Å². The second-order valence-corrected chi connectivity index (χ2v) is 7.89. The van der Waals surface area contributed by atoms with Gasteiger partial charge in [-0.25, -0.2) is 0 Å². The fraction of sp³-hybridized carbons (Fsp3) is 0.333. The van der Waals surface area contributed by atoms with Crippen LogP contribution in [-0.4, -0.2) is 16.8 Å². The van der Waals surface area contributed by atoms with E-state index in [0.29, 0.717) is 6.42 Å². The summed E-state index contributed by atoms with van der Waals surface area (Å²) in [6, 6.07) is 15.9. The molecule has 1 atom stereocenters. The van der Waals surface area contributed by atoms with Gasteiger partial charge >= 0.3 is 0 Å². The van der Waals surface area contributed by atoms with Crippen molar-refractivity contribution in [3.63, 3.8) is 0 Å². The Bertz CT molecular complexity index is 1000.